The highest BCUT2D eigenvalue weighted by molar-refractivity contribution is 6.36. The normalized spacial score (nSPS) is 11.0. The molecule has 0 aliphatic rings. The number of benzene rings is 2. The Morgan fingerprint density at radius 1 is 1.15 bits per heavy atom. The summed E-state index contributed by atoms with van der Waals surface area (Å²) in [5, 5.41) is 19.6. The standard InChI is InChI=1S/C20H22Cl2O4/c1-12(2)15-8-13(5-6-19(15)23)9-16-17(21)10-14(11-18(16)22)26-7-3-4-20(24)25/h5-6,8,10-12,23H,3-4,7,9H2,1-2H3,(H,24,25). The summed E-state index contributed by atoms with van der Waals surface area (Å²) >= 11 is 12.7. The first kappa shape index (κ1) is 20.4. The van der Waals surface area contributed by atoms with E-state index in [4.69, 9.17) is 33.0 Å². The fourth-order valence-electron chi connectivity index (χ4n) is 2.63. The van der Waals surface area contributed by atoms with E-state index in [-0.39, 0.29) is 24.7 Å². The predicted molar refractivity (Wildman–Crippen MR) is 104 cm³/mol. The van der Waals surface area contributed by atoms with Gasteiger partial charge in [-0.3, -0.25) is 4.79 Å². The number of rotatable bonds is 8. The Hall–Kier alpha value is -1.91. The Morgan fingerprint density at radius 3 is 2.38 bits per heavy atom. The fraction of sp³-hybridized carbons (Fsp3) is 0.350. The topological polar surface area (TPSA) is 66.8 Å². The highest BCUT2D eigenvalue weighted by Gasteiger charge is 2.13. The molecule has 6 heteroatoms. The Morgan fingerprint density at radius 2 is 1.81 bits per heavy atom. The van der Waals surface area contributed by atoms with Crippen LogP contribution in [0.1, 0.15) is 49.3 Å². The Labute approximate surface area is 163 Å². The number of hydrogen-bond donors (Lipinski definition) is 2. The first-order chi connectivity index (χ1) is 12.3. The maximum absolute atomic E-state index is 10.5. The molecule has 26 heavy (non-hydrogen) atoms. The SMILES string of the molecule is CC(C)c1cc(Cc2c(Cl)cc(OCCCC(=O)O)cc2Cl)ccc1O. The molecular formula is C20H22Cl2O4. The molecule has 0 spiro atoms. The zero-order valence-corrected chi connectivity index (χ0v) is 16.3. The molecule has 0 heterocycles. The number of hydrogen-bond acceptors (Lipinski definition) is 3. The summed E-state index contributed by atoms with van der Waals surface area (Å²) in [6, 6.07) is 8.88. The van der Waals surface area contributed by atoms with Crippen LogP contribution in [0, 0.1) is 0 Å². The molecule has 2 rings (SSSR count). The third-order valence-corrected chi connectivity index (χ3v) is 4.69. The summed E-state index contributed by atoms with van der Waals surface area (Å²) < 4.78 is 5.52. The first-order valence-corrected chi connectivity index (χ1v) is 9.17. The summed E-state index contributed by atoms with van der Waals surface area (Å²) in [6.07, 6.45) is 1.01. The molecule has 140 valence electrons. The third-order valence-electron chi connectivity index (χ3n) is 4.01. The van der Waals surface area contributed by atoms with E-state index >= 15 is 0 Å². The van der Waals surface area contributed by atoms with Crippen molar-refractivity contribution >= 4 is 29.2 Å². The molecule has 0 saturated carbocycles. The molecule has 0 bridgehead atoms. The summed E-state index contributed by atoms with van der Waals surface area (Å²) in [4.78, 5) is 10.5. The van der Waals surface area contributed by atoms with Crippen LogP contribution in [0.5, 0.6) is 11.5 Å². The maximum Gasteiger partial charge on any atom is 0.303 e. The Balaban J connectivity index is 2.13. The predicted octanol–water partition coefficient (Wildman–Crippen LogP) is 5.66. The summed E-state index contributed by atoms with van der Waals surface area (Å²) in [7, 11) is 0. The van der Waals surface area contributed by atoms with Gasteiger partial charge in [0.05, 0.1) is 6.61 Å². The van der Waals surface area contributed by atoms with Crippen molar-refractivity contribution in [3.8, 4) is 11.5 Å². The second-order valence-corrected chi connectivity index (χ2v) is 7.25. The van der Waals surface area contributed by atoms with Crippen molar-refractivity contribution in [2.45, 2.75) is 39.0 Å². The lowest BCUT2D eigenvalue weighted by molar-refractivity contribution is -0.137. The smallest absolute Gasteiger partial charge is 0.303 e. The zero-order valence-electron chi connectivity index (χ0n) is 14.8. The minimum absolute atomic E-state index is 0.0542. The van der Waals surface area contributed by atoms with Crippen LogP contribution in [0.2, 0.25) is 10.0 Å². The average Bonchev–Trinajstić information content (AvgIpc) is 2.56. The van der Waals surface area contributed by atoms with Gasteiger partial charge in [0.1, 0.15) is 11.5 Å². The number of halogens is 2. The third kappa shape index (κ3) is 5.55. The van der Waals surface area contributed by atoms with E-state index in [9.17, 15) is 9.90 Å². The number of ether oxygens (including phenoxy) is 1. The number of phenolic OH excluding ortho intramolecular Hbond substituents is 1. The van der Waals surface area contributed by atoms with Crippen LogP contribution in [0.3, 0.4) is 0 Å². The van der Waals surface area contributed by atoms with Gasteiger partial charge in [-0.25, -0.2) is 0 Å². The molecule has 0 atom stereocenters. The highest BCUT2D eigenvalue weighted by atomic mass is 35.5. The van der Waals surface area contributed by atoms with E-state index in [2.05, 4.69) is 0 Å². The minimum atomic E-state index is -0.852. The van der Waals surface area contributed by atoms with Crippen LogP contribution in [-0.4, -0.2) is 22.8 Å². The minimum Gasteiger partial charge on any atom is -0.508 e. The number of aliphatic carboxylic acids is 1. The number of aromatic hydroxyl groups is 1. The lowest BCUT2D eigenvalue weighted by atomic mass is 9.96. The monoisotopic (exact) mass is 396 g/mol. The van der Waals surface area contributed by atoms with E-state index in [0.717, 1.165) is 16.7 Å². The second-order valence-electron chi connectivity index (χ2n) is 6.44. The van der Waals surface area contributed by atoms with E-state index in [1.54, 1.807) is 18.2 Å². The van der Waals surface area contributed by atoms with Crippen LogP contribution < -0.4 is 4.74 Å². The Bertz CT molecular complexity index is 764. The van der Waals surface area contributed by atoms with Crippen molar-refractivity contribution in [3.63, 3.8) is 0 Å². The molecule has 0 aliphatic carbocycles. The fourth-order valence-corrected chi connectivity index (χ4v) is 3.23. The first-order valence-electron chi connectivity index (χ1n) is 8.42. The van der Waals surface area contributed by atoms with Crippen molar-refractivity contribution in [2.24, 2.45) is 0 Å². The molecule has 2 aromatic carbocycles. The molecule has 4 nitrogen and oxygen atoms in total. The van der Waals surface area contributed by atoms with Gasteiger partial charge in [-0.15, -0.1) is 0 Å². The Kier molecular flexibility index (Phi) is 7.18. The quantitative estimate of drug-likeness (QED) is 0.565. The molecule has 0 fully saturated rings. The molecule has 0 radical (unpaired) electrons. The molecule has 0 amide bonds. The van der Waals surface area contributed by atoms with Crippen molar-refractivity contribution < 1.29 is 19.7 Å². The number of carboxylic acids is 1. The molecule has 0 saturated heterocycles. The molecule has 0 aliphatic heterocycles. The molecule has 2 N–H and O–H groups in total. The molecule has 2 aromatic rings. The average molecular weight is 397 g/mol. The van der Waals surface area contributed by atoms with Gasteiger partial charge < -0.3 is 14.9 Å². The summed E-state index contributed by atoms with van der Waals surface area (Å²) in [6.45, 7) is 4.33. The maximum atomic E-state index is 10.5. The van der Waals surface area contributed by atoms with E-state index in [1.807, 2.05) is 26.0 Å². The lowest BCUT2D eigenvalue weighted by Gasteiger charge is -2.14. The van der Waals surface area contributed by atoms with E-state index < -0.39 is 5.97 Å². The van der Waals surface area contributed by atoms with Crippen molar-refractivity contribution in [1.82, 2.24) is 0 Å². The van der Waals surface area contributed by atoms with E-state index in [0.29, 0.717) is 28.6 Å². The van der Waals surface area contributed by atoms with Crippen LogP contribution >= 0.6 is 23.2 Å². The number of phenols is 1. The molecular weight excluding hydrogens is 375 g/mol. The van der Waals surface area contributed by atoms with Crippen molar-refractivity contribution in [1.29, 1.82) is 0 Å². The van der Waals surface area contributed by atoms with Gasteiger partial charge in [-0.2, -0.15) is 0 Å². The van der Waals surface area contributed by atoms with Gasteiger partial charge >= 0.3 is 5.97 Å². The number of carbonyl (C=O) groups is 1. The van der Waals surface area contributed by atoms with Gasteiger partial charge in [-0.05, 0) is 47.2 Å². The van der Waals surface area contributed by atoms with E-state index in [1.165, 1.54) is 0 Å². The molecule has 0 unspecified atom stereocenters. The van der Waals surface area contributed by atoms with Gasteiger partial charge in [0.25, 0.3) is 0 Å². The second kappa shape index (κ2) is 9.15. The number of carboxylic acid groups (broad SMARTS) is 1. The summed E-state index contributed by atoms with van der Waals surface area (Å²) in [5.74, 6) is 0.158. The van der Waals surface area contributed by atoms with Crippen LogP contribution in [0.25, 0.3) is 0 Å². The van der Waals surface area contributed by atoms with Crippen molar-refractivity contribution in [3.05, 3.63) is 57.1 Å². The largest absolute Gasteiger partial charge is 0.508 e. The summed E-state index contributed by atoms with van der Waals surface area (Å²) in [5.41, 5.74) is 2.67. The van der Waals surface area contributed by atoms with Crippen molar-refractivity contribution in [2.75, 3.05) is 6.61 Å². The molecule has 0 aromatic heterocycles. The zero-order chi connectivity index (χ0) is 19.3. The lowest BCUT2D eigenvalue weighted by Crippen LogP contribution is -2.02. The van der Waals surface area contributed by atoms with Gasteiger partial charge in [0.15, 0.2) is 0 Å². The van der Waals surface area contributed by atoms with Crippen LogP contribution in [0.15, 0.2) is 30.3 Å². The van der Waals surface area contributed by atoms with Gasteiger partial charge in [0, 0.05) is 22.9 Å². The van der Waals surface area contributed by atoms with Gasteiger partial charge in [-0.1, -0.05) is 49.2 Å². The van der Waals surface area contributed by atoms with Crippen LogP contribution in [-0.2, 0) is 11.2 Å². The highest BCUT2D eigenvalue weighted by Crippen LogP contribution is 2.34. The van der Waals surface area contributed by atoms with Gasteiger partial charge in [0.2, 0.25) is 0 Å². The van der Waals surface area contributed by atoms with Crippen LogP contribution in [0.4, 0.5) is 0 Å².